The third kappa shape index (κ3) is 2.01. The van der Waals surface area contributed by atoms with E-state index in [2.05, 4.69) is 11.9 Å². The van der Waals surface area contributed by atoms with E-state index in [0.29, 0.717) is 6.54 Å². The molecule has 1 aliphatic carbocycles. The van der Waals surface area contributed by atoms with E-state index in [-0.39, 0.29) is 11.5 Å². The van der Waals surface area contributed by atoms with Crippen molar-refractivity contribution in [3.05, 3.63) is 15.6 Å². The van der Waals surface area contributed by atoms with Crippen molar-refractivity contribution in [2.45, 2.75) is 45.6 Å². The Morgan fingerprint density at radius 2 is 2.31 bits per heavy atom. The van der Waals surface area contributed by atoms with Gasteiger partial charge in [-0.3, -0.25) is 0 Å². The molecule has 0 spiro atoms. The van der Waals surface area contributed by atoms with Gasteiger partial charge in [0.05, 0.1) is 16.8 Å². The average Bonchev–Trinajstić information content (AvgIpc) is 2.74. The van der Waals surface area contributed by atoms with E-state index >= 15 is 0 Å². The first kappa shape index (κ1) is 12.0. The minimum atomic E-state index is -0.248. The van der Waals surface area contributed by atoms with Gasteiger partial charge in [0, 0.05) is 23.3 Å². The summed E-state index contributed by atoms with van der Waals surface area (Å²) in [6, 6.07) is 0. The number of aliphatic hydroxyl groups excluding tert-OH is 1. The van der Waals surface area contributed by atoms with Crippen LogP contribution in [-0.2, 0) is 6.42 Å². The smallest absolute Gasteiger partial charge is 0.0937 e. The highest BCUT2D eigenvalue weighted by Crippen LogP contribution is 2.41. The Morgan fingerprint density at radius 3 is 2.75 bits per heavy atom. The summed E-state index contributed by atoms with van der Waals surface area (Å²) < 4.78 is 0. The number of nitrogens with zero attached hydrogens (tertiary/aromatic N) is 1. The molecule has 2 unspecified atom stereocenters. The van der Waals surface area contributed by atoms with Crippen LogP contribution in [0.25, 0.3) is 0 Å². The van der Waals surface area contributed by atoms with E-state index in [4.69, 9.17) is 5.73 Å². The van der Waals surface area contributed by atoms with Crippen molar-refractivity contribution in [3.8, 4) is 0 Å². The first-order chi connectivity index (χ1) is 7.57. The van der Waals surface area contributed by atoms with Crippen molar-refractivity contribution in [3.63, 3.8) is 0 Å². The molecule has 0 saturated heterocycles. The largest absolute Gasteiger partial charge is 0.392 e. The second kappa shape index (κ2) is 4.43. The summed E-state index contributed by atoms with van der Waals surface area (Å²) in [6.07, 6.45) is 3.59. The fraction of sp³-hybridized carbons (Fsp3) is 0.750. The first-order valence-corrected chi connectivity index (χ1v) is 6.70. The molecule has 1 aliphatic rings. The molecule has 0 radical (unpaired) electrons. The summed E-state index contributed by atoms with van der Waals surface area (Å²) in [5.41, 5.74) is 6.87. The molecule has 1 saturated carbocycles. The van der Waals surface area contributed by atoms with Gasteiger partial charge in [-0.05, 0) is 26.7 Å². The van der Waals surface area contributed by atoms with Gasteiger partial charge >= 0.3 is 0 Å². The molecule has 3 N–H and O–H groups in total. The number of rotatable bonds is 3. The normalized spacial score (nSPS) is 29.9. The second-order valence-electron chi connectivity index (χ2n) is 4.90. The minimum absolute atomic E-state index is 0.114. The average molecular weight is 240 g/mol. The van der Waals surface area contributed by atoms with Crippen LogP contribution in [0, 0.1) is 19.3 Å². The highest BCUT2D eigenvalue weighted by molar-refractivity contribution is 7.11. The van der Waals surface area contributed by atoms with Crippen molar-refractivity contribution >= 4 is 11.3 Å². The van der Waals surface area contributed by atoms with Crippen molar-refractivity contribution in [1.82, 2.24) is 4.98 Å². The standard InChI is InChI=1S/C12H20N2OS/c1-8-9(2)16-11(14-8)6-12(7-13)5-3-4-10(12)15/h10,15H,3-7,13H2,1-2H3. The summed E-state index contributed by atoms with van der Waals surface area (Å²) >= 11 is 1.74. The quantitative estimate of drug-likeness (QED) is 0.847. The maximum Gasteiger partial charge on any atom is 0.0937 e. The highest BCUT2D eigenvalue weighted by Gasteiger charge is 2.41. The molecule has 2 rings (SSSR count). The zero-order chi connectivity index (χ0) is 11.8. The molecule has 16 heavy (non-hydrogen) atoms. The monoisotopic (exact) mass is 240 g/mol. The molecule has 1 aromatic heterocycles. The molecule has 3 nitrogen and oxygen atoms in total. The van der Waals surface area contributed by atoms with Crippen LogP contribution in [-0.4, -0.2) is 22.7 Å². The summed E-state index contributed by atoms with van der Waals surface area (Å²) in [5.74, 6) is 0. The van der Waals surface area contributed by atoms with Gasteiger partial charge in [0.1, 0.15) is 0 Å². The zero-order valence-corrected chi connectivity index (χ0v) is 10.8. The Kier molecular flexibility index (Phi) is 3.33. The van der Waals surface area contributed by atoms with Crippen LogP contribution in [0.2, 0.25) is 0 Å². The summed E-state index contributed by atoms with van der Waals surface area (Å²) in [7, 11) is 0. The molecular formula is C12H20N2OS. The molecule has 0 aliphatic heterocycles. The maximum absolute atomic E-state index is 10.1. The molecule has 1 fully saturated rings. The van der Waals surface area contributed by atoms with Gasteiger partial charge < -0.3 is 10.8 Å². The Labute approximate surface area is 101 Å². The Balaban J connectivity index is 2.18. The number of nitrogens with two attached hydrogens (primary N) is 1. The van der Waals surface area contributed by atoms with Gasteiger partial charge in [0.25, 0.3) is 0 Å². The van der Waals surface area contributed by atoms with Gasteiger partial charge in [-0.25, -0.2) is 4.98 Å². The molecular weight excluding hydrogens is 220 g/mol. The molecule has 0 amide bonds. The van der Waals surface area contributed by atoms with Gasteiger partial charge in [-0.1, -0.05) is 6.42 Å². The lowest BCUT2D eigenvalue weighted by atomic mass is 9.81. The predicted molar refractivity (Wildman–Crippen MR) is 66.6 cm³/mol. The van der Waals surface area contributed by atoms with E-state index in [0.717, 1.165) is 36.4 Å². The topological polar surface area (TPSA) is 59.1 Å². The number of hydrogen-bond acceptors (Lipinski definition) is 4. The Morgan fingerprint density at radius 1 is 1.56 bits per heavy atom. The fourth-order valence-electron chi connectivity index (χ4n) is 2.55. The summed E-state index contributed by atoms with van der Waals surface area (Å²) in [6.45, 7) is 4.69. The van der Waals surface area contributed by atoms with Crippen molar-refractivity contribution in [2.24, 2.45) is 11.1 Å². The van der Waals surface area contributed by atoms with Crippen LogP contribution in [0.4, 0.5) is 0 Å². The molecule has 4 heteroatoms. The van der Waals surface area contributed by atoms with E-state index < -0.39 is 0 Å². The van der Waals surface area contributed by atoms with Crippen LogP contribution >= 0.6 is 11.3 Å². The molecule has 1 aromatic rings. The van der Waals surface area contributed by atoms with Crippen molar-refractivity contribution < 1.29 is 5.11 Å². The molecule has 0 bridgehead atoms. The van der Waals surface area contributed by atoms with Crippen LogP contribution in [0.15, 0.2) is 0 Å². The number of aliphatic hydroxyl groups is 1. The van der Waals surface area contributed by atoms with Crippen molar-refractivity contribution in [1.29, 1.82) is 0 Å². The minimum Gasteiger partial charge on any atom is -0.392 e. The van der Waals surface area contributed by atoms with Crippen molar-refractivity contribution in [2.75, 3.05) is 6.54 Å². The third-order valence-electron chi connectivity index (χ3n) is 3.84. The van der Waals surface area contributed by atoms with Crippen LogP contribution in [0.3, 0.4) is 0 Å². The number of hydrogen-bond donors (Lipinski definition) is 2. The molecule has 90 valence electrons. The van der Waals surface area contributed by atoms with Gasteiger partial charge in [-0.15, -0.1) is 11.3 Å². The summed E-state index contributed by atoms with van der Waals surface area (Å²) in [5, 5.41) is 11.2. The lowest BCUT2D eigenvalue weighted by Gasteiger charge is -2.30. The van der Waals surface area contributed by atoms with Gasteiger partial charge in [-0.2, -0.15) is 0 Å². The Bertz CT molecular complexity index is 358. The second-order valence-corrected chi connectivity index (χ2v) is 6.19. The van der Waals surface area contributed by atoms with E-state index in [1.165, 1.54) is 4.88 Å². The van der Waals surface area contributed by atoms with Gasteiger partial charge in [0.15, 0.2) is 0 Å². The summed E-state index contributed by atoms with van der Waals surface area (Å²) in [4.78, 5) is 5.83. The maximum atomic E-state index is 10.1. The number of aryl methyl sites for hydroxylation is 2. The third-order valence-corrected chi connectivity index (χ3v) is 4.91. The molecule has 0 aromatic carbocycles. The van der Waals surface area contributed by atoms with E-state index in [9.17, 15) is 5.11 Å². The fourth-order valence-corrected chi connectivity index (χ4v) is 3.64. The zero-order valence-electron chi connectivity index (χ0n) is 9.99. The number of aromatic nitrogens is 1. The van der Waals surface area contributed by atoms with Gasteiger partial charge in [0.2, 0.25) is 0 Å². The lowest BCUT2D eigenvalue weighted by Crippen LogP contribution is -2.39. The SMILES string of the molecule is Cc1nc(CC2(CN)CCCC2O)sc1C. The highest BCUT2D eigenvalue weighted by atomic mass is 32.1. The first-order valence-electron chi connectivity index (χ1n) is 5.88. The van der Waals surface area contributed by atoms with E-state index in [1.54, 1.807) is 11.3 Å². The van der Waals surface area contributed by atoms with Crippen LogP contribution < -0.4 is 5.73 Å². The van der Waals surface area contributed by atoms with Crippen LogP contribution in [0.1, 0.15) is 34.8 Å². The Hall–Kier alpha value is -0.450. The number of thiazole rings is 1. The van der Waals surface area contributed by atoms with E-state index in [1.807, 2.05) is 6.92 Å². The van der Waals surface area contributed by atoms with Crippen LogP contribution in [0.5, 0.6) is 0 Å². The predicted octanol–water partition coefficient (Wildman–Crippen LogP) is 1.79. The molecule has 1 heterocycles. The lowest BCUT2D eigenvalue weighted by molar-refractivity contribution is 0.0588. The molecule has 2 atom stereocenters.